The highest BCUT2D eigenvalue weighted by Gasteiger charge is 2.03. The Labute approximate surface area is 101 Å². The highest BCUT2D eigenvalue weighted by molar-refractivity contribution is 9.10. The first-order valence-corrected chi connectivity index (χ1v) is 5.43. The first-order chi connectivity index (χ1) is 7.63. The molecule has 16 heavy (non-hydrogen) atoms. The fourth-order valence-electron chi connectivity index (χ4n) is 1.37. The van der Waals surface area contributed by atoms with E-state index in [2.05, 4.69) is 30.9 Å². The lowest BCUT2D eigenvalue weighted by molar-refractivity contribution is 0.939. The monoisotopic (exact) mass is 279 g/mol. The Morgan fingerprint density at radius 3 is 2.38 bits per heavy atom. The lowest BCUT2D eigenvalue weighted by atomic mass is 10.1. The predicted molar refractivity (Wildman–Crippen MR) is 65.6 cm³/mol. The average molecular weight is 280 g/mol. The van der Waals surface area contributed by atoms with Gasteiger partial charge in [-0.05, 0) is 17.7 Å². The summed E-state index contributed by atoms with van der Waals surface area (Å²) >= 11 is 3.40. The minimum absolute atomic E-state index is 0.150. The molecule has 0 bridgehead atoms. The molecular weight excluding hydrogens is 270 g/mol. The van der Waals surface area contributed by atoms with Gasteiger partial charge in [0.25, 0.3) is 0 Å². The number of anilines is 2. The molecule has 0 saturated heterocycles. The summed E-state index contributed by atoms with van der Waals surface area (Å²) in [6, 6.07) is 7.89. The molecule has 0 fully saturated rings. The molecule has 0 aliphatic carbocycles. The van der Waals surface area contributed by atoms with Gasteiger partial charge in [0.15, 0.2) is 0 Å². The quantitative estimate of drug-likeness (QED) is 0.867. The molecule has 0 saturated carbocycles. The predicted octanol–water partition coefficient (Wildman–Crippen LogP) is 1.39. The zero-order chi connectivity index (χ0) is 11.5. The molecule has 1 heterocycles. The van der Waals surface area contributed by atoms with Crippen LogP contribution in [0.5, 0.6) is 0 Å². The van der Waals surface area contributed by atoms with Crippen molar-refractivity contribution >= 4 is 27.8 Å². The van der Waals surface area contributed by atoms with Gasteiger partial charge in [-0.3, -0.25) is 0 Å². The van der Waals surface area contributed by atoms with E-state index in [1.807, 2.05) is 24.3 Å². The summed E-state index contributed by atoms with van der Waals surface area (Å²) in [5, 5.41) is 0. The van der Waals surface area contributed by atoms with Crippen LogP contribution in [0, 0.1) is 0 Å². The van der Waals surface area contributed by atoms with Gasteiger partial charge in [0.2, 0.25) is 11.9 Å². The van der Waals surface area contributed by atoms with E-state index < -0.39 is 0 Å². The number of halogens is 1. The third kappa shape index (κ3) is 2.66. The molecule has 5 nitrogen and oxygen atoms in total. The Bertz CT molecular complexity index is 494. The van der Waals surface area contributed by atoms with Crippen LogP contribution in [-0.4, -0.2) is 15.0 Å². The van der Waals surface area contributed by atoms with Crippen LogP contribution in [0.2, 0.25) is 0 Å². The van der Waals surface area contributed by atoms with Gasteiger partial charge in [-0.15, -0.1) is 0 Å². The SMILES string of the molecule is Nc1nc(N)nc(Cc2cccc(Br)c2)n1. The fourth-order valence-corrected chi connectivity index (χ4v) is 1.81. The number of nitrogens with zero attached hydrogens (tertiary/aromatic N) is 3. The molecule has 0 aliphatic rings. The van der Waals surface area contributed by atoms with Crippen molar-refractivity contribution in [1.82, 2.24) is 15.0 Å². The normalized spacial score (nSPS) is 10.3. The maximum absolute atomic E-state index is 5.49. The molecule has 82 valence electrons. The maximum atomic E-state index is 5.49. The number of nitrogens with two attached hydrogens (primary N) is 2. The van der Waals surface area contributed by atoms with Crippen LogP contribution in [0.1, 0.15) is 11.4 Å². The minimum Gasteiger partial charge on any atom is -0.368 e. The number of benzene rings is 1. The largest absolute Gasteiger partial charge is 0.368 e. The van der Waals surface area contributed by atoms with Crippen LogP contribution in [0.25, 0.3) is 0 Å². The summed E-state index contributed by atoms with van der Waals surface area (Å²) in [5.74, 6) is 0.873. The molecule has 6 heteroatoms. The Hall–Kier alpha value is -1.69. The van der Waals surface area contributed by atoms with E-state index in [4.69, 9.17) is 11.5 Å². The molecule has 0 aliphatic heterocycles. The van der Waals surface area contributed by atoms with Gasteiger partial charge in [-0.25, -0.2) is 0 Å². The molecule has 1 aromatic carbocycles. The van der Waals surface area contributed by atoms with Gasteiger partial charge < -0.3 is 11.5 Å². The number of nitrogen functional groups attached to an aromatic ring is 2. The molecule has 4 N–H and O–H groups in total. The van der Waals surface area contributed by atoms with Crippen LogP contribution in [0.3, 0.4) is 0 Å². The smallest absolute Gasteiger partial charge is 0.225 e. The lowest BCUT2D eigenvalue weighted by Crippen LogP contribution is -2.07. The Morgan fingerprint density at radius 2 is 1.75 bits per heavy atom. The Kier molecular flexibility index (Phi) is 3.00. The van der Waals surface area contributed by atoms with Crippen LogP contribution in [-0.2, 0) is 6.42 Å². The minimum atomic E-state index is 0.150. The van der Waals surface area contributed by atoms with Crippen molar-refractivity contribution in [3.8, 4) is 0 Å². The van der Waals surface area contributed by atoms with Gasteiger partial charge in [0, 0.05) is 10.9 Å². The molecule has 0 atom stereocenters. The van der Waals surface area contributed by atoms with Crippen molar-refractivity contribution in [2.45, 2.75) is 6.42 Å². The molecule has 1 aromatic heterocycles. The Balaban J connectivity index is 2.27. The average Bonchev–Trinajstić information content (AvgIpc) is 2.15. The van der Waals surface area contributed by atoms with Gasteiger partial charge in [-0.2, -0.15) is 15.0 Å². The molecule has 2 aromatic rings. The molecule has 0 spiro atoms. The van der Waals surface area contributed by atoms with Gasteiger partial charge in [-0.1, -0.05) is 28.1 Å². The van der Waals surface area contributed by atoms with E-state index >= 15 is 0 Å². The van der Waals surface area contributed by atoms with Gasteiger partial charge in [0.05, 0.1) is 0 Å². The second kappa shape index (κ2) is 4.44. The number of aromatic nitrogens is 3. The van der Waals surface area contributed by atoms with Gasteiger partial charge >= 0.3 is 0 Å². The lowest BCUT2D eigenvalue weighted by Gasteiger charge is -2.02. The molecular formula is C10H10BrN5. The second-order valence-corrected chi connectivity index (χ2v) is 4.19. The maximum Gasteiger partial charge on any atom is 0.225 e. The topological polar surface area (TPSA) is 90.7 Å². The van der Waals surface area contributed by atoms with Crippen molar-refractivity contribution < 1.29 is 0 Å². The van der Waals surface area contributed by atoms with Crippen molar-refractivity contribution in [3.63, 3.8) is 0 Å². The van der Waals surface area contributed by atoms with E-state index in [1.54, 1.807) is 0 Å². The van der Waals surface area contributed by atoms with Crippen molar-refractivity contribution in [2.24, 2.45) is 0 Å². The summed E-state index contributed by atoms with van der Waals surface area (Å²) in [5.41, 5.74) is 12.1. The summed E-state index contributed by atoms with van der Waals surface area (Å²) in [6.07, 6.45) is 0.580. The first-order valence-electron chi connectivity index (χ1n) is 4.64. The number of rotatable bonds is 2. The summed E-state index contributed by atoms with van der Waals surface area (Å²) in [7, 11) is 0. The van der Waals surface area contributed by atoms with Gasteiger partial charge in [0.1, 0.15) is 5.82 Å². The van der Waals surface area contributed by atoms with Crippen LogP contribution < -0.4 is 11.5 Å². The molecule has 2 rings (SSSR count). The van der Waals surface area contributed by atoms with Crippen LogP contribution in [0.15, 0.2) is 28.7 Å². The zero-order valence-electron chi connectivity index (χ0n) is 8.39. The molecule has 0 amide bonds. The van der Waals surface area contributed by atoms with E-state index in [1.165, 1.54) is 0 Å². The number of hydrogen-bond acceptors (Lipinski definition) is 5. The zero-order valence-corrected chi connectivity index (χ0v) is 9.98. The summed E-state index contributed by atoms with van der Waals surface area (Å²) in [6.45, 7) is 0. The molecule has 0 unspecified atom stereocenters. The van der Waals surface area contributed by atoms with E-state index in [9.17, 15) is 0 Å². The van der Waals surface area contributed by atoms with E-state index in [0.717, 1.165) is 10.0 Å². The van der Waals surface area contributed by atoms with Crippen molar-refractivity contribution in [2.75, 3.05) is 11.5 Å². The van der Waals surface area contributed by atoms with Crippen LogP contribution >= 0.6 is 15.9 Å². The van der Waals surface area contributed by atoms with Crippen molar-refractivity contribution in [3.05, 3.63) is 40.1 Å². The number of hydrogen-bond donors (Lipinski definition) is 2. The van der Waals surface area contributed by atoms with E-state index in [-0.39, 0.29) is 11.9 Å². The van der Waals surface area contributed by atoms with E-state index in [0.29, 0.717) is 12.2 Å². The molecule has 0 radical (unpaired) electrons. The third-order valence-corrected chi connectivity index (χ3v) is 2.46. The second-order valence-electron chi connectivity index (χ2n) is 3.27. The standard InChI is InChI=1S/C10H10BrN5/c11-7-3-1-2-6(4-7)5-8-14-9(12)16-10(13)15-8/h1-4H,5H2,(H4,12,13,14,15,16). The first kappa shape index (κ1) is 10.8. The third-order valence-electron chi connectivity index (χ3n) is 1.97. The summed E-state index contributed by atoms with van der Waals surface area (Å²) in [4.78, 5) is 11.8. The summed E-state index contributed by atoms with van der Waals surface area (Å²) < 4.78 is 1.01. The Morgan fingerprint density at radius 1 is 1.06 bits per heavy atom. The van der Waals surface area contributed by atoms with Crippen LogP contribution in [0.4, 0.5) is 11.9 Å². The fraction of sp³-hybridized carbons (Fsp3) is 0.100. The highest BCUT2D eigenvalue weighted by atomic mass is 79.9. The highest BCUT2D eigenvalue weighted by Crippen LogP contribution is 2.14. The van der Waals surface area contributed by atoms with Crippen molar-refractivity contribution in [1.29, 1.82) is 0 Å².